The summed E-state index contributed by atoms with van der Waals surface area (Å²) in [7, 11) is 2.06. The van der Waals surface area contributed by atoms with Gasteiger partial charge in [0.25, 0.3) is 0 Å². The molecule has 0 bridgehead atoms. The van der Waals surface area contributed by atoms with Gasteiger partial charge in [0.2, 0.25) is 0 Å². The topological polar surface area (TPSA) is 33.1 Å². The minimum Gasteiger partial charge on any atom is -0.337 e. The zero-order chi connectivity index (χ0) is 10.8. The molecule has 1 N–H and O–H groups in total. The van der Waals surface area contributed by atoms with E-state index in [9.17, 15) is 0 Å². The number of aryl methyl sites for hydroxylation is 1. The van der Waals surface area contributed by atoms with E-state index in [2.05, 4.69) is 40.7 Å². The van der Waals surface area contributed by atoms with E-state index in [1.165, 1.54) is 0 Å². The Morgan fingerprint density at radius 3 is 2.60 bits per heavy atom. The molecule has 15 heavy (non-hydrogen) atoms. The van der Waals surface area contributed by atoms with E-state index in [0.717, 1.165) is 25.5 Å². The van der Waals surface area contributed by atoms with Crippen LogP contribution in [0.3, 0.4) is 0 Å². The van der Waals surface area contributed by atoms with E-state index >= 15 is 0 Å². The normalized spacial score (nSPS) is 28.2. The Labute approximate surface area is 91.3 Å². The van der Waals surface area contributed by atoms with E-state index in [-0.39, 0.29) is 0 Å². The lowest BCUT2D eigenvalue weighted by molar-refractivity contribution is 0.104. The summed E-state index contributed by atoms with van der Waals surface area (Å²) in [5.41, 5.74) is 0. The molecule has 2 heterocycles. The minimum absolute atomic E-state index is 0.588. The Morgan fingerprint density at radius 2 is 2.07 bits per heavy atom. The summed E-state index contributed by atoms with van der Waals surface area (Å²) < 4.78 is 2.10. The first kappa shape index (κ1) is 10.6. The Balaban J connectivity index is 2.06. The molecule has 1 aromatic heterocycles. The fraction of sp³-hybridized carbons (Fsp3) is 0.727. The second kappa shape index (κ2) is 4.33. The van der Waals surface area contributed by atoms with Gasteiger partial charge in [-0.05, 0) is 13.8 Å². The minimum atomic E-state index is 0.588. The maximum Gasteiger partial charge on any atom is 0.122 e. The Bertz CT molecular complexity index is 310. The van der Waals surface area contributed by atoms with Crippen LogP contribution >= 0.6 is 0 Å². The van der Waals surface area contributed by atoms with Crippen molar-refractivity contribution in [1.82, 2.24) is 19.8 Å². The maximum atomic E-state index is 4.38. The molecule has 0 spiro atoms. The van der Waals surface area contributed by atoms with Gasteiger partial charge in [0.05, 0.1) is 6.54 Å². The molecule has 1 aliphatic heterocycles. The highest BCUT2D eigenvalue weighted by atomic mass is 15.3. The highest BCUT2D eigenvalue weighted by Gasteiger charge is 2.25. The van der Waals surface area contributed by atoms with Crippen LogP contribution in [0.4, 0.5) is 0 Å². The van der Waals surface area contributed by atoms with E-state index in [1.807, 2.05) is 12.4 Å². The smallest absolute Gasteiger partial charge is 0.122 e. The zero-order valence-electron chi connectivity index (χ0n) is 9.77. The Morgan fingerprint density at radius 1 is 1.40 bits per heavy atom. The molecule has 4 nitrogen and oxygen atoms in total. The summed E-state index contributed by atoms with van der Waals surface area (Å²) >= 11 is 0. The summed E-state index contributed by atoms with van der Waals surface area (Å²) in [5.74, 6) is 1.15. The molecular weight excluding hydrogens is 188 g/mol. The quantitative estimate of drug-likeness (QED) is 0.772. The average molecular weight is 208 g/mol. The van der Waals surface area contributed by atoms with Crippen LogP contribution in [-0.4, -0.2) is 39.6 Å². The first-order valence-corrected chi connectivity index (χ1v) is 5.61. The third-order valence-electron chi connectivity index (χ3n) is 3.26. The van der Waals surface area contributed by atoms with Crippen molar-refractivity contribution in [2.45, 2.75) is 32.5 Å². The summed E-state index contributed by atoms with van der Waals surface area (Å²) in [5, 5.41) is 3.44. The number of nitrogens with one attached hydrogen (secondary N) is 1. The molecule has 0 aromatic carbocycles. The molecule has 1 saturated heterocycles. The van der Waals surface area contributed by atoms with E-state index < -0.39 is 0 Å². The third-order valence-corrected chi connectivity index (χ3v) is 3.26. The monoisotopic (exact) mass is 208 g/mol. The molecule has 0 aliphatic carbocycles. The number of rotatable bonds is 2. The SMILES string of the molecule is CC1CNCC(C)N1Cc1nccn1C. The lowest BCUT2D eigenvalue weighted by atomic mass is 10.1. The lowest BCUT2D eigenvalue weighted by Gasteiger charge is -2.39. The molecule has 2 unspecified atom stereocenters. The molecular formula is C11H20N4. The number of hydrogen-bond donors (Lipinski definition) is 1. The van der Waals surface area contributed by atoms with Crippen LogP contribution < -0.4 is 5.32 Å². The molecule has 1 aromatic rings. The fourth-order valence-corrected chi connectivity index (χ4v) is 2.19. The lowest BCUT2D eigenvalue weighted by Crippen LogP contribution is -2.54. The maximum absolute atomic E-state index is 4.38. The second-order valence-electron chi connectivity index (χ2n) is 4.48. The Kier molecular flexibility index (Phi) is 3.07. The van der Waals surface area contributed by atoms with Crippen LogP contribution in [0, 0.1) is 0 Å². The van der Waals surface area contributed by atoms with Crippen LogP contribution in [0.1, 0.15) is 19.7 Å². The van der Waals surface area contributed by atoms with Crippen molar-refractivity contribution in [2.24, 2.45) is 7.05 Å². The van der Waals surface area contributed by atoms with Gasteiger partial charge in [-0.25, -0.2) is 4.98 Å². The van der Waals surface area contributed by atoms with Crippen LogP contribution in [0.5, 0.6) is 0 Å². The van der Waals surface area contributed by atoms with Gasteiger partial charge in [0.1, 0.15) is 5.82 Å². The van der Waals surface area contributed by atoms with Gasteiger partial charge in [-0.15, -0.1) is 0 Å². The largest absolute Gasteiger partial charge is 0.337 e. The van der Waals surface area contributed by atoms with Crippen molar-refractivity contribution in [1.29, 1.82) is 0 Å². The van der Waals surface area contributed by atoms with Gasteiger partial charge < -0.3 is 9.88 Å². The highest BCUT2D eigenvalue weighted by Crippen LogP contribution is 2.13. The predicted molar refractivity (Wildman–Crippen MR) is 60.5 cm³/mol. The molecule has 1 aliphatic rings. The molecule has 0 saturated carbocycles. The van der Waals surface area contributed by atoms with Gasteiger partial charge in [0, 0.05) is 44.6 Å². The summed E-state index contributed by atoms with van der Waals surface area (Å²) in [6.07, 6.45) is 3.87. The fourth-order valence-electron chi connectivity index (χ4n) is 2.19. The van der Waals surface area contributed by atoms with Crippen LogP contribution in [0.2, 0.25) is 0 Å². The molecule has 2 atom stereocenters. The molecule has 1 fully saturated rings. The molecule has 2 rings (SSSR count). The second-order valence-corrected chi connectivity index (χ2v) is 4.48. The van der Waals surface area contributed by atoms with E-state index in [1.54, 1.807) is 0 Å². The van der Waals surface area contributed by atoms with Gasteiger partial charge in [-0.2, -0.15) is 0 Å². The zero-order valence-corrected chi connectivity index (χ0v) is 9.77. The van der Waals surface area contributed by atoms with Crippen molar-refractivity contribution < 1.29 is 0 Å². The summed E-state index contributed by atoms with van der Waals surface area (Å²) in [6.45, 7) is 7.65. The summed E-state index contributed by atoms with van der Waals surface area (Å²) in [6, 6.07) is 1.18. The van der Waals surface area contributed by atoms with Gasteiger partial charge in [0.15, 0.2) is 0 Å². The molecule has 0 amide bonds. The average Bonchev–Trinajstić information content (AvgIpc) is 2.58. The standard InChI is InChI=1S/C11H20N4/c1-9-6-12-7-10(2)15(9)8-11-13-4-5-14(11)3/h4-5,9-10,12H,6-8H2,1-3H3. The van der Waals surface area contributed by atoms with Crippen LogP contribution in [0.15, 0.2) is 12.4 Å². The first-order chi connectivity index (χ1) is 7.18. The number of nitrogens with zero attached hydrogens (tertiary/aromatic N) is 3. The van der Waals surface area contributed by atoms with Gasteiger partial charge >= 0.3 is 0 Å². The number of piperazine rings is 1. The van der Waals surface area contributed by atoms with Crippen molar-refractivity contribution in [3.8, 4) is 0 Å². The highest BCUT2D eigenvalue weighted by molar-refractivity contribution is 4.94. The molecule has 4 heteroatoms. The van der Waals surface area contributed by atoms with Crippen molar-refractivity contribution in [3.05, 3.63) is 18.2 Å². The predicted octanol–water partition coefficient (Wildman–Crippen LogP) is 0.602. The van der Waals surface area contributed by atoms with Gasteiger partial charge in [-0.3, -0.25) is 4.90 Å². The first-order valence-electron chi connectivity index (χ1n) is 5.61. The van der Waals surface area contributed by atoms with E-state index in [0.29, 0.717) is 12.1 Å². The number of imidazole rings is 1. The van der Waals surface area contributed by atoms with Crippen molar-refractivity contribution >= 4 is 0 Å². The van der Waals surface area contributed by atoms with Gasteiger partial charge in [-0.1, -0.05) is 0 Å². The summed E-state index contributed by atoms with van der Waals surface area (Å²) in [4.78, 5) is 6.89. The molecule has 0 radical (unpaired) electrons. The number of hydrogen-bond acceptors (Lipinski definition) is 3. The van der Waals surface area contributed by atoms with Crippen molar-refractivity contribution in [2.75, 3.05) is 13.1 Å². The van der Waals surface area contributed by atoms with Crippen LogP contribution in [0.25, 0.3) is 0 Å². The third kappa shape index (κ3) is 2.21. The number of aromatic nitrogens is 2. The van der Waals surface area contributed by atoms with Crippen molar-refractivity contribution in [3.63, 3.8) is 0 Å². The van der Waals surface area contributed by atoms with E-state index in [4.69, 9.17) is 0 Å². The molecule has 84 valence electrons. The van der Waals surface area contributed by atoms with Crippen LogP contribution in [-0.2, 0) is 13.6 Å². The Hall–Kier alpha value is -0.870.